The largest absolute Gasteiger partial charge is 0.403 e. The van der Waals surface area contributed by atoms with Gasteiger partial charge >= 0.3 is 6.18 Å². The van der Waals surface area contributed by atoms with Gasteiger partial charge in [-0.1, -0.05) is 0 Å². The van der Waals surface area contributed by atoms with Crippen molar-refractivity contribution in [3.05, 3.63) is 0 Å². The molecule has 0 radical (unpaired) electrons. The maximum absolute atomic E-state index is 12.8. The number of carbonyl (C=O) groups is 2. The molecule has 7 heteroatoms. The first-order valence-corrected chi connectivity index (χ1v) is 5.47. The van der Waals surface area contributed by atoms with Crippen molar-refractivity contribution in [2.24, 2.45) is 11.1 Å². The van der Waals surface area contributed by atoms with E-state index in [1.165, 1.54) is 0 Å². The molecule has 2 aliphatic rings. The molecule has 0 bridgehead atoms. The molecule has 2 rings (SSSR count). The average molecular weight is 250 g/mol. The Morgan fingerprint density at radius 1 is 1.29 bits per heavy atom. The summed E-state index contributed by atoms with van der Waals surface area (Å²) in [7, 11) is 0. The number of halogens is 3. The summed E-state index contributed by atoms with van der Waals surface area (Å²) in [6.07, 6.45) is -4.02. The summed E-state index contributed by atoms with van der Waals surface area (Å²) in [6.45, 7) is 0.185. The maximum Gasteiger partial charge on any atom is 0.403 e. The lowest BCUT2D eigenvalue weighted by molar-refractivity contribution is -0.199. The van der Waals surface area contributed by atoms with Gasteiger partial charge in [-0.2, -0.15) is 13.2 Å². The third kappa shape index (κ3) is 1.77. The fourth-order valence-corrected chi connectivity index (χ4v) is 2.32. The highest BCUT2D eigenvalue weighted by molar-refractivity contribution is 5.92. The fourth-order valence-electron chi connectivity index (χ4n) is 2.32. The van der Waals surface area contributed by atoms with Gasteiger partial charge in [0.25, 0.3) is 0 Å². The molecule has 0 aromatic carbocycles. The first-order valence-electron chi connectivity index (χ1n) is 5.47. The van der Waals surface area contributed by atoms with E-state index in [1.807, 2.05) is 0 Å². The van der Waals surface area contributed by atoms with E-state index in [0.717, 1.165) is 4.90 Å². The van der Waals surface area contributed by atoms with E-state index in [0.29, 0.717) is 12.8 Å². The monoisotopic (exact) mass is 250 g/mol. The van der Waals surface area contributed by atoms with Gasteiger partial charge in [0.1, 0.15) is 11.5 Å². The standard InChI is InChI=1S/C10H13F3N2O2/c11-10(12,13)9(3-4-9)8(17)15-5-1-2-6(15)7(14)16/h6H,1-5H2,(H2,14,16)/t6-/m0/s1. The molecule has 17 heavy (non-hydrogen) atoms. The number of rotatable bonds is 2. The van der Waals surface area contributed by atoms with Crippen LogP contribution in [0.1, 0.15) is 25.7 Å². The lowest BCUT2D eigenvalue weighted by Crippen LogP contribution is -2.50. The minimum atomic E-state index is -4.53. The Morgan fingerprint density at radius 3 is 2.29 bits per heavy atom. The number of alkyl halides is 3. The lowest BCUT2D eigenvalue weighted by Gasteiger charge is -2.28. The van der Waals surface area contributed by atoms with Gasteiger partial charge in [-0.05, 0) is 25.7 Å². The first-order chi connectivity index (χ1) is 7.79. The Bertz CT molecular complexity index is 363. The molecule has 4 nitrogen and oxygen atoms in total. The van der Waals surface area contributed by atoms with Crippen LogP contribution < -0.4 is 5.73 Å². The predicted octanol–water partition coefficient (Wildman–Crippen LogP) is 0.805. The first kappa shape index (κ1) is 12.2. The lowest BCUT2D eigenvalue weighted by atomic mass is 10.0. The van der Waals surface area contributed by atoms with Crippen LogP contribution >= 0.6 is 0 Å². The number of likely N-dealkylation sites (tertiary alicyclic amines) is 1. The molecule has 0 spiro atoms. The number of nitrogens with zero attached hydrogens (tertiary/aromatic N) is 1. The number of hydrogen-bond donors (Lipinski definition) is 1. The zero-order valence-corrected chi connectivity index (χ0v) is 9.09. The van der Waals surface area contributed by atoms with Gasteiger partial charge in [-0.25, -0.2) is 0 Å². The molecule has 1 saturated carbocycles. The summed E-state index contributed by atoms with van der Waals surface area (Å²) < 4.78 is 38.3. The zero-order chi connectivity index (χ0) is 12.8. The summed E-state index contributed by atoms with van der Waals surface area (Å²) in [5, 5.41) is 0. The zero-order valence-electron chi connectivity index (χ0n) is 9.09. The van der Waals surface area contributed by atoms with E-state index >= 15 is 0 Å². The SMILES string of the molecule is NC(=O)[C@@H]1CCCN1C(=O)C1(C(F)(F)F)CC1. The highest BCUT2D eigenvalue weighted by Gasteiger charge is 2.70. The van der Waals surface area contributed by atoms with Gasteiger partial charge in [0.15, 0.2) is 0 Å². The number of amides is 2. The van der Waals surface area contributed by atoms with Gasteiger partial charge in [-0.15, -0.1) is 0 Å². The smallest absolute Gasteiger partial charge is 0.368 e. The summed E-state index contributed by atoms with van der Waals surface area (Å²) >= 11 is 0. The molecule has 1 aliphatic heterocycles. The fraction of sp³-hybridized carbons (Fsp3) is 0.800. The second-order valence-corrected chi connectivity index (χ2v) is 4.64. The van der Waals surface area contributed by atoms with E-state index in [2.05, 4.69) is 0 Å². The molecule has 0 aromatic rings. The average Bonchev–Trinajstić information content (AvgIpc) is 2.87. The van der Waals surface area contributed by atoms with Crippen LogP contribution in [0.3, 0.4) is 0 Å². The molecular weight excluding hydrogens is 237 g/mol. The number of nitrogens with two attached hydrogens (primary N) is 1. The second kappa shape index (κ2) is 3.61. The molecule has 1 heterocycles. The van der Waals surface area contributed by atoms with Crippen molar-refractivity contribution in [2.45, 2.75) is 37.9 Å². The molecule has 1 atom stereocenters. The van der Waals surface area contributed by atoms with Gasteiger partial charge in [0.05, 0.1) is 0 Å². The molecule has 96 valence electrons. The Kier molecular flexibility index (Phi) is 2.59. The van der Waals surface area contributed by atoms with Crippen LogP contribution in [0, 0.1) is 5.41 Å². The van der Waals surface area contributed by atoms with Crippen LogP contribution in [0.25, 0.3) is 0 Å². The van der Waals surface area contributed by atoms with Gasteiger partial charge in [0, 0.05) is 6.54 Å². The molecule has 2 N–H and O–H groups in total. The van der Waals surface area contributed by atoms with Crippen molar-refractivity contribution in [1.29, 1.82) is 0 Å². The number of primary amides is 1. The molecule has 0 aromatic heterocycles. The van der Waals surface area contributed by atoms with Crippen molar-refractivity contribution in [2.75, 3.05) is 6.54 Å². The molecule has 0 unspecified atom stereocenters. The van der Waals surface area contributed by atoms with E-state index < -0.39 is 29.4 Å². The highest BCUT2D eigenvalue weighted by Crippen LogP contribution is 2.59. The Labute approximate surface area is 95.9 Å². The molecular formula is C10H13F3N2O2. The van der Waals surface area contributed by atoms with Crippen LogP contribution in [0.15, 0.2) is 0 Å². The second-order valence-electron chi connectivity index (χ2n) is 4.64. The van der Waals surface area contributed by atoms with E-state index in [-0.39, 0.29) is 19.4 Å². The van der Waals surface area contributed by atoms with Crippen molar-refractivity contribution in [3.63, 3.8) is 0 Å². The van der Waals surface area contributed by atoms with Crippen LogP contribution in [-0.4, -0.2) is 35.5 Å². The van der Waals surface area contributed by atoms with Crippen LogP contribution in [0.4, 0.5) is 13.2 Å². The topological polar surface area (TPSA) is 63.4 Å². The van der Waals surface area contributed by atoms with Crippen LogP contribution in [0.5, 0.6) is 0 Å². The molecule has 2 fully saturated rings. The van der Waals surface area contributed by atoms with Crippen molar-refractivity contribution in [3.8, 4) is 0 Å². The third-order valence-corrected chi connectivity index (χ3v) is 3.54. The maximum atomic E-state index is 12.8. The predicted molar refractivity (Wildman–Crippen MR) is 51.7 cm³/mol. The summed E-state index contributed by atoms with van der Waals surface area (Å²) in [6, 6.07) is -0.873. The normalized spacial score (nSPS) is 27.0. The Hall–Kier alpha value is -1.27. The molecule has 1 aliphatic carbocycles. The van der Waals surface area contributed by atoms with E-state index in [9.17, 15) is 22.8 Å². The summed E-state index contributed by atoms with van der Waals surface area (Å²) in [5.41, 5.74) is 2.84. The van der Waals surface area contributed by atoms with E-state index in [1.54, 1.807) is 0 Å². The minimum Gasteiger partial charge on any atom is -0.368 e. The number of hydrogen-bond acceptors (Lipinski definition) is 2. The van der Waals surface area contributed by atoms with Gasteiger partial charge in [0.2, 0.25) is 11.8 Å². The quantitative estimate of drug-likeness (QED) is 0.788. The van der Waals surface area contributed by atoms with Crippen LogP contribution in [0.2, 0.25) is 0 Å². The van der Waals surface area contributed by atoms with Gasteiger partial charge < -0.3 is 10.6 Å². The summed E-state index contributed by atoms with van der Waals surface area (Å²) in [4.78, 5) is 24.0. The van der Waals surface area contributed by atoms with Crippen molar-refractivity contribution < 1.29 is 22.8 Å². The number of carbonyl (C=O) groups excluding carboxylic acids is 2. The van der Waals surface area contributed by atoms with E-state index in [4.69, 9.17) is 5.73 Å². The van der Waals surface area contributed by atoms with Crippen molar-refractivity contribution >= 4 is 11.8 Å². The van der Waals surface area contributed by atoms with Crippen molar-refractivity contribution in [1.82, 2.24) is 4.90 Å². The molecule has 2 amide bonds. The highest BCUT2D eigenvalue weighted by atomic mass is 19.4. The van der Waals surface area contributed by atoms with Crippen LogP contribution in [-0.2, 0) is 9.59 Å². The third-order valence-electron chi connectivity index (χ3n) is 3.54. The summed E-state index contributed by atoms with van der Waals surface area (Å²) in [5.74, 6) is -1.71. The minimum absolute atomic E-state index is 0.183. The Morgan fingerprint density at radius 2 is 1.88 bits per heavy atom. The molecule has 1 saturated heterocycles. The Balaban J connectivity index is 2.18. The van der Waals surface area contributed by atoms with Gasteiger partial charge in [-0.3, -0.25) is 9.59 Å².